The van der Waals surface area contributed by atoms with E-state index < -0.39 is 22.7 Å². The molecule has 0 spiro atoms. The Labute approximate surface area is 132 Å². The second-order valence-electron chi connectivity index (χ2n) is 4.61. The lowest BCUT2D eigenvalue weighted by Crippen LogP contribution is -2.12. The molecule has 1 amide bonds. The number of carbonyl (C=O) groups excluding carboxylic acids is 1. The molecule has 0 aliphatic carbocycles. The van der Waals surface area contributed by atoms with Gasteiger partial charge in [-0.3, -0.25) is 9.78 Å². The second-order valence-corrected chi connectivity index (χ2v) is 4.98. The number of alkyl halides is 3. The lowest BCUT2D eigenvalue weighted by Gasteiger charge is -2.10. The highest BCUT2D eigenvalue weighted by Gasteiger charge is 2.35. The Bertz CT molecular complexity index is 877. The van der Waals surface area contributed by atoms with Gasteiger partial charge in [0.1, 0.15) is 5.65 Å². The highest BCUT2D eigenvalue weighted by molar-refractivity contribution is 6.37. The summed E-state index contributed by atoms with van der Waals surface area (Å²) in [6.07, 6.45) is 0.177. The third kappa shape index (κ3) is 2.85. The largest absolute Gasteiger partial charge is 0.419 e. The summed E-state index contributed by atoms with van der Waals surface area (Å²) in [6, 6.07) is 3.10. The van der Waals surface area contributed by atoms with E-state index in [1.165, 1.54) is 24.7 Å². The van der Waals surface area contributed by atoms with Gasteiger partial charge in [0.25, 0.3) is 5.91 Å². The predicted octanol–water partition coefficient (Wildman–Crippen LogP) is 3.88. The SMILES string of the molecule is O=C(Nc1c[nH]c2ncc(C(F)(F)F)c(Cl)c12)c1cccnc1. The minimum atomic E-state index is -4.64. The number of rotatable bonds is 2. The number of aromatic amines is 1. The molecule has 0 saturated heterocycles. The summed E-state index contributed by atoms with van der Waals surface area (Å²) < 4.78 is 38.7. The number of halogens is 4. The van der Waals surface area contributed by atoms with Crippen LogP contribution >= 0.6 is 11.6 Å². The number of fused-ring (bicyclic) bond motifs is 1. The number of carbonyl (C=O) groups is 1. The first-order valence-electron chi connectivity index (χ1n) is 6.32. The van der Waals surface area contributed by atoms with Gasteiger partial charge in [-0.15, -0.1) is 0 Å². The van der Waals surface area contributed by atoms with Crippen molar-refractivity contribution in [2.24, 2.45) is 0 Å². The van der Waals surface area contributed by atoms with Crippen molar-refractivity contribution >= 4 is 34.2 Å². The molecule has 0 saturated carbocycles. The van der Waals surface area contributed by atoms with Gasteiger partial charge < -0.3 is 10.3 Å². The van der Waals surface area contributed by atoms with E-state index in [2.05, 4.69) is 20.3 Å². The van der Waals surface area contributed by atoms with E-state index in [9.17, 15) is 18.0 Å². The molecule has 9 heteroatoms. The van der Waals surface area contributed by atoms with Crippen molar-refractivity contribution in [1.29, 1.82) is 0 Å². The van der Waals surface area contributed by atoms with Crippen molar-refractivity contribution in [2.75, 3.05) is 5.32 Å². The minimum absolute atomic E-state index is 0.00117. The van der Waals surface area contributed by atoms with Gasteiger partial charge >= 0.3 is 6.18 Å². The van der Waals surface area contributed by atoms with Crippen LogP contribution in [0.15, 0.2) is 36.9 Å². The maximum absolute atomic E-state index is 12.9. The molecule has 118 valence electrons. The summed E-state index contributed by atoms with van der Waals surface area (Å²) in [5.41, 5.74) is -0.553. The van der Waals surface area contributed by atoms with E-state index >= 15 is 0 Å². The van der Waals surface area contributed by atoms with Crippen LogP contribution in [0.25, 0.3) is 11.0 Å². The average molecular weight is 341 g/mol. The smallest absolute Gasteiger partial charge is 0.344 e. The Kier molecular flexibility index (Phi) is 3.69. The molecule has 0 aliphatic heterocycles. The van der Waals surface area contributed by atoms with E-state index in [1.807, 2.05) is 0 Å². The first-order valence-corrected chi connectivity index (χ1v) is 6.70. The zero-order valence-electron chi connectivity index (χ0n) is 11.3. The van der Waals surface area contributed by atoms with Crippen molar-refractivity contribution < 1.29 is 18.0 Å². The predicted molar refractivity (Wildman–Crippen MR) is 78.3 cm³/mol. The van der Waals surface area contributed by atoms with Crippen molar-refractivity contribution in [3.05, 3.63) is 53.1 Å². The lowest BCUT2D eigenvalue weighted by molar-refractivity contribution is -0.137. The number of H-pyrrole nitrogens is 1. The molecule has 0 atom stereocenters. The molecule has 3 rings (SSSR count). The number of pyridine rings is 2. The number of hydrogen-bond donors (Lipinski definition) is 2. The van der Waals surface area contributed by atoms with Crippen molar-refractivity contribution in [1.82, 2.24) is 15.0 Å². The van der Waals surface area contributed by atoms with E-state index in [-0.39, 0.29) is 22.3 Å². The van der Waals surface area contributed by atoms with Crippen molar-refractivity contribution in [3.63, 3.8) is 0 Å². The molecule has 0 radical (unpaired) electrons. The van der Waals surface area contributed by atoms with Gasteiger partial charge in [-0.25, -0.2) is 4.98 Å². The van der Waals surface area contributed by atoms with Crippen LogP contribution in [0, 0.1) is 0 Å². The highest BCUT2D eigenvalue weighted by Crippen LogP contribution is 2.39. The molecule has 0 unspecified atom stereocenters. The van der Waals surface area contributed by atoms with Gasteiger partial charge in [0, 0.05) is 24.8 Å². The second kappa shape index (κ2) is 5.54. The number of amides is 1. The molecule has 3 aromatic heterocycles. The van der Waals surface area contributed by atoms with Crippen LogP contribution in [-0.2, 0) is 6.18 Å². The van der Waals surface area contributed by atoms with Gasteiger partial charge in [-0.2, -0.15) is 13.2 Å². The highest BCUT2D eigenvalue weighted by atomic mass is 35.5. The van der Waals surface area contributed by atoms with Crippen molar-refractivity contribution in [3.8, 4) is 0 Å². The van der Waals surface area contributed by atoms with E-state index in [0.717, 1.165) is 0 Å². The van der Waals surface area contributed by atoms with Gasteiger partial charge in [-0.1, -0.05) is 11.6 Å². The third-order valence-electron chi connectivity index (χ3n) is 3.12. The Balaban J connectivity index is 2.04. The van der Waals surface area contributed by atoms with Crippen LogP contribution in [0.2, 0.25) is 5.02 Å². The molecule has 2 N–H and O–H groups in total. The number of aromatic nitrogens is 3. The van der Waals surface area contributed by atoms with E-state index in [0.29, 0.717) is 6.20 Å². The molecule has 5 nitrogen and oxygen atoms in total. The molecular formula is C14H8ClF3N4O. The Morgan fingerprint density at radius 3 is 2.74 bits per heavy atom. The lowest BCUT2D eigenvalue weighted by atomic mass is 10.2. The monoisotopic (exact) mass is 340 g/mol. The normalized spacial score (nSPS) is 11.7. The summed E-state index contributed by atoms with van der Waals surface area (Å²) >= 11 is 5.86. The molecule has 0 bridgehead atoms. The molecule has 0 aliphatic rings. The molecule has 3 aromatic rings. The van der Waals surface area contributed by atoms with Gasteiger partial charge in [0.2, 0.25) is 0 Å². The van der Waals surface area contributed by atoms with Gasteiger partial charge in [0.05, 0.1) is 27.2 Å². The Morgan fingerprint density at radius 2 is 2.09 bits per heavy atom. The third-order valence-corrected chi connectivity index (χ3v) is 3.51. The van der Waals surface area contributed by atoms with Crippen LogP contribution in [0.3, 0.4) is 0 Å². The molecule has 3 heterocycles. The maximum atomic E-state index is 12.9. The van der Waals surface area contributed by atoms with Crippen molar-refractivity contribution in [2.45, 2.75) is 6.18 Å². The van der Waals surface area contributed by atoms with Gasteiger partial charge in [0.15, 0.2) is 0 Å². The van der Waals surface area contributed by atoms with Crippen LogP contribution in [0.5, 0.6) is 0 Å². The minimum Gasteiger partial charge on any atom is -0.344 e. The van der Waals surface area contributed by atoms with E-state index in [1.54, 1.807) is 6.07 Å². The summed E-state index contributed by atoms with van der Waals surface area (Å²) in [5.74, 6) is -0.521. The summed E-state index contributed by atoms with van der Waals surface area (Å²) in [7, 11) is 0. The quantitative estimate of drug-likeness (QED) is 0.743. The number of nitrogens with one attached hydrogen (secondary N) is 2. The fourth-order valence-electron chi connectivity index (χ4n) is 2.04. The zero-order valence-corrected chi connectivity index (χ0v) is 12.0. The number of hydrogen-bond acceptors (Lipinski definition) is 3. The topological polar surface area (TPSA) is 70.7 Å². The van der Waals surface area contributed by atoms with Crippen LogP contribution in [0.1, 0.15) is 15.9 Å². The number of anilines is 1. The standard InChI is InChI=1S/C14H8ClF3N4O/c15-11-8(14(16,17)18)5-20-12-10(11)9(6-21-12)22-13(23)7-2-1-3-19-4-7/h1-6H,(H,20,21)(H,22,23). The fraction of sp³-hybridized carbons (Fsp3) is 0.0714. The zero-order chi connectivity index (χ0) is 16.6. The van der Waals surface area contributed by atoms with Crippen LogP contribution in [0.4, 0.5) is 18.9 Å². The molecule has 0 fully saturated rings. The number of nitrogens with zero attached hydrogens (tertiary/aromatic N) is 2. The fourth-order valence-corrected chi connectivity index (χ4v) is 2.39. The first-order chi connectivity index (χ1) is 10.9. The summed E-state index contributed by atoms with van der Waals surface area (Å²) in [6.45, 7) is 0. The van der Waals surface area contributed by atoms with E-state index in [4.69, 9.17) is 11.6 Å². The molecular weight excluding hydrogens is 333 g/mol. The average Bonchev–Trinajstić information content (AvgIpc) is 2.91. The first kappa shape index (κ1) is 15.3. The Morgan fingerprint density at radius 1 is 1.30 bits per heavy atom. The Hall–Kier alpha value is -2.61. The molecule has 23 heavy (non-hydrogen) atoms. The van der Waals surface area contributed by atoms with Crippen LogP contribution < -0.4 is 5.32 Å². The summed E-state index contributed by atoms with van der Waals surface area (Å²) in [4.78, 5) is 22.3. The maximum Gasteiger partial charge on any atom is 0.419 e. The molecule has 0 aromatic carbocycles. The van der Waals surface area contributed by atoms with Gasteiger partial charge in [-0.05, 0) is 12.1 Å². The van der Waals surface area contributed by atoms with Crippen LogP contribution in [-0.4, -0.2) is 20.9 Å². The summed E-state index contributed by atoms with van der Waals surface area (Å²) in [5, 5.41) is 1.97.